The Labute approximate surface area is 93.8 Å². The fraction of sp³-hybridized carbons (Fsp3) is 1.00. The Morgan fingerprint density at radius 1 is 1.27 bits per heavy atom. The van der Waals surface area contributed by atoms with Gasteiger partial charge in [0.15, 0.2) is 0 Å². The molecule has 1 N–H and O–H groups in total. The van der Waals surface area contributed by atoms with Crippen molar-refractivity contribution in [3.05, 3.63) is 0 Å². The fourth-order valence-corrected chi connectivity index (χ4v) is 2.91. The van der Waals surface area contributed by atoms with Crippen LogP contribution in [-0.4, -0.2) is 54.7 Å². The standard InChI is InChI=1S/C12H25N3/c1-3-14-8-9-15(11(2)10-14)12-6-4-5-7-13-12/h11-13H,3-10H2,1-2H3. The molecule has 2 heterocycles. The predicted molar refractivity (Wildman–Crippen MR) is 63.9 cm³/mol. The van der Waals surface area contributed by atoms with Gasteiger partial charge >= 0.3 is 0 Å². The van der Waals surface area contributed by atoms with Crippen LogP contribution < -0.4 is 5.32 Å². The van der Waals surface area contributed by atoms with Crippen molar-refractivity contribution in [1.29, 1.82) is 0 Å². The minimum absolute atomic E-state index is 0.660. The SMILES string of the molecule is CCN1CCN(C2CCCCN2)C(C)C1. The maximum absolute atomic E-state index is 3.66. The highest BCUT2D eigenvalue weighted by atomic mass is 15.3. The molecule has 2 aliphatic rings. The van der Waals surface area contributed by atoms with Gasteiger partial charge in [-0.25, -0.2) is 0 Å². The summed E-state index contributed by atoms with van der Waals surface area (Å²) in [5.74, 6) is 0. The number of nitrogens with zero attached hydrogens (tertiary/aromatic N) is 2. The number of piperidine rings is 1. The number of nitrogens with one attached hydrogen (secondary N) is 1. The molecule has 0 saturated carbocycles. The van der Waals surface area contributed by atoms with Crippen molar-refractivity contribution in [1.82, 2.24) is 15.1 Å². The molecule has 0 aromatic rings. The van der Waals surface area contributed by atoms with Gasteiger partial charge in [-0.05, 0) is 39.3 Å². The quantitative estimate of drug-likeness (QED) is 0.738. The summed E-state index contributed by atoms with van der Waals surface area (Å²) in [7, 11) is 0. The first kappa shape index (κ1) is 11.4. The smallest absolute Gasteiger partial charge is 0.0600 e. The van der Waals surface area contributed by atoms with Gasteiger partial charge in [-0.2, -0.15) is 0 Å². The first-order valence-electron chi connectivity index (χ1n) is 6.52. The number of hydrogen-bond acceptors (Lipinski definition) is 3. The van der Waals surface area contributed by atoms with Gasteiger partial charge in [-0.1, -0.05) is 6.92 Å². The Bertz CT molecular complexity index is 189. The fourth-order valence-electron chi connectivity index (χ4n) is 2.91. The number of rotatable bonds is 2. The molecular weight excluding hydrogens is 186 g/mol. The Kier molecular flexibility index (Phi) is 4.00. The van der Waals surface area contributed by atoms with E-state index in [4.69, 9.17) is 0 Å². The van der Waals surface area contributed by atoms with Crippen LogP contribution in [-0.2, 0) is 0 Å². The number of hydrogen-bond donors (Lipinski definition) is 1. The van der Waals surface area contributed by atoms with Crippen molar-refractivity contribution in [2.24, 2.45) is 0 Å². The third-order valence-electron chi connectivity index (χ3n) is 3.89. The van der Waals surface area contributed by atoms with Gasteiger partial charge in [-0.3, -0.25) is 4.90 Å². The minimum Gasteiger partial charge on any atom is -0.302 e. The molecule has 2 aliphatic heterocycles. The van der Waals surface area contributed by atoms with Crippen molar-refractivity contribution in [3.63, 3.8) is 0 Å². The molecule has 2 saturated heterocycles. The summed E-state index contributed by atoms with van der Waals surface area (Å²) in [4.78, 5) is 5.23. The lowest BCUT2D eigenvalue weighted by molar-refractivity contribution is 0.0281. The molecule has 2 atom stereocenters. The molecule has 2 unspecified atom stereocenters. The highest BCUT2D eigenvalue weighted by molar-refractivity contribution is 4.84. The van der Waals surface area contributed by atoms with E-state index in [9.17, 15) is 0 Å². The van der Waals surface area contributed by atoms with E-state index < -0.39 is 0 Å². The van der Waals surface area contributed by atoms with E-state index in [1.165, 1.54) is 52.0 Å². The predicted octanol–water partition coefficient (Wildman–Crippen LogP) is 1.11. The molecule has 2 rings (SSSR count). The molecule has 3 nitrogen and oxygen atoms in total. The Morgan fingerprint density at radius 3 is 2.73 bits per heavy atom. The van der Waals surface area contributed by atoms with Crippen LogP contribution in [0.2, 0.25) is 0 Å². The van der Waals surface area contributed by atoms with Crippen LogP contribution >= 0.6 is 0 Å². The van der Waals surface area contributed by atoms with Crippen LogP contribution in [0.4, 0.5) is 0 Å². The Hall–Kier alpha value is -0.120. The van der Waals surface area contributed by atoms with Gasteiger partial charge < -0.3 is 10.2 Å². The maximum atomic E-state index is 3.66. The van der Waals surface area contributed by atoms with E-state index in [0.717, 1.165) is 0 Å². The lowest BCUT2D eigenvalue weighted by Gasteiger charge is -2.45. The molecular formula is C12H25N3. The summed E-state index contributed by atoms with van der Waals surface area (Å²) in [6.07, 6.45) is 4.77. The summed E-state index contributed by atoms with van der Waals surface area (Å²) in [6, 6.07) is 0.717. The maximum Gasteiger partial charge on any atom is 0.0600 e. The highest BCUT2D eigenvalue weighted by Crippen LogP contribution is 2.17. The number of piperazine rings is 1. The molecule has 0 aliphatic carbocycles. The molecule has 0 spiro atoms. The lowest BCUT2D eigenvalue weighted by Crippen LogP contribution is -2.59. The molecule has 0 aromatic carbocycles. The Morgan fingerprint density at radius 2 is 2.13 bits per heavy atom. The molecule has 2 fully saturated rings. The van der Waals surface area contributed by atoms with Crippen molar-refractivity contribution in [2.45, 2.75) is 45.3 Å². The van der Waals surface area contributed by atoms with Crippen LogP contribution in [0.15, 0.2) is 0 Å². The molecule has 0 bridgehead atoms. The van der Waals surface area contributed by atoms with E-state index in [2.05, 4.69) is 29.0 Å². The second-order valence-corrected chi connectivity index (χ2v) is 4.95. The van der Waals surface area contributed by atoms with Gasteiger partial charge in [0.1, 0.15) is 0 Å². The van der Waals surface area contributed by atoms with Crippen LogP contribution in [0.3, 0.4) is 0 Å². The zero-order valence-electron chi connectivity index (χ0n) is 10.2. The molecule has 0 aromatic heterocycles. The van der Waals surface area contributed by atoms with E-state index >= 15 is 0 Å². The third kappa shape index (κ3) is 2.71. The van der Waals surface area contributed by atoms with Gasteiger partial charge in [0, 0.05) is 25.7 Å². The van der Waals surface area contributed by atoms with Crippen molar-refractivity contribution in [3.8, 4) is 0 Å². The Balaban J connectivity index is 1.87. The molecule has 3 heteroatoms. The van der Waals surface area contributed by atoms with E-state index in [0.29, 0.717) is 12.2 Å². The topological polar surface area (TPSA) is 18.5 Å². The van der Waals surface area contributed by atoms with Gasteiger partial charge in [0.2, 0.25) is 0 Å². The molecule has 0 radical (unpaired) electrons. The molecule has 15 heavy (non-hydrogen) atoms. The highest BCUT2D eigenvalue weighted by Gasteiger charge is 2.29. The summed E-state index contributed by atoms with van der Waals surface area (Å²) in [5, 5.41) is 3.66. The first-order chi connectivity index (χ1) is 7.31. The summed E-state index contributed by atoms with van der Waals surface area (Å²) in [5.41, 5.74) is 0. The average Bonchev–Trinajstić information content (AvgIpc) is 2.30. The van der Waals surface area contributed by atoms with Crippen molar-refractivity contribution < 1.29 is 0 Å². The van der Waals surface area contributed by atoms with E-state index in [1.807, 2.05) is 0 Å². The average molecular weight is 211 g/mol. The van der Waals surface area contributed by atoms with E-state index in [-0.39, 0.29) is 0 Å². The van der Waals surface area contributed by atoms with Gasteiger partial charge in [0.25, 0.3) is 0 Å². The minimum atomic E-state index is 0.660. The molecule has 0 amide bonds. The van der Waals surface area contributed by atoms with Crippen molar-refractivity contribution >= 4 is 0 Å². The van der Waals surface area contributed by atoms with Gasteiger partial charge in [-0.15, -0.1) is 0 Å². The monoisotopic (exact) mass is 211 g/mol. The molecule has 88 valence electrons. The number of likely N-dealkylation sites (N-methyl/N-ethyl adjacent to an activating group) is 1. The second kappa shape index (κ2) is 5.28. The summed E-state index contributed by atoms with van der Waals surface area (Å²) >= 11 is 0. The summed E-state index contributed by atoms with van der Waals surface area (Å²) < 4.78 is 0. The van der Waals surface area contributed by atoms with Gasteiger partial charge in [0.05, 0.1) is 6.17 Å². The zero-order chi connectivity index (χ0) is 10.7. The third-order valence-corrected chi connectivity index (χ3v) is 3.89. The van der Waals surface area contributed by atoms with Crippen molar-refractivity contribution in [2.75, 3.05) is 32.7 Å². The summed E-state index contributed by atoms with van der Waals surface area (Å²) in [6.45, 7) is 10.8. The second-order valence-electron chi connectivity index (χ2n) is 4.95. The normalized spacial score (nSPS) is 35.6. The van der Waals surface area contributed by atoms with E-state index in [1.54, 1.807) is 0 Å². The van der Waals surface area contributed by atoms with Crippen LogP contribution in [0.5, 0.6) is 0 Å². The first-order valence-corrected chi connectivity index (χ1v) is 6.52. The largest absolute Gasteiger partial charge is 0.302 e. The lowest BCUT2D eigenvalue weighted by atomic mass is 10.1. The van der Waals surface area contributed by atoms with Crippen LogP contribution in [0.25, 0.3) is 0 Å². The van der Waals surface area contributed by atoms with Crippen LogP contribution in [0, 0.1) is 0 Å². The van der Waals surface area contributed by atoms with Crippen LogP contribution in [0.1, 0.15) is 33.1 Å². The zero-order valence-corrected chi connectivity index (χ0v) is 10.2.